The fourth-order valence-corrected chi connectivity index (χ4v) is 2.38. The van der Waals surface area contributed by atoms with E-state index < -0.39 is 5.97 Å². The highest BCUT2D eigenvalue weighted by Gasteiger charge is 2.15. The molecule has 0 saturated heterocycles. The topological polar surface area (TPSA) is 98.1 Å². The largest absolute Gasteiger partial charge is 0.451 e. The highest BCUT2D eigenvalue weighted by molar-refractivity contribution is 7.13. The van der Waals surface area contributed by atoms with E-state index in [9.17, 15) is 9.59 Å². The Hall–Kier alpha value is -2.74. The van der Waals surface area contributed by atoms with Crippen LogP contribution in [0.1, 0.15) is 33.7 Å². The average molecular weight is 317 g/mol. The Kier molecular flexibility index (Phi) is 3.84. The number of hydrogen-bond donors (Lipinski definition) is 1. The van der Waals surface area contributed by atoms with Crippen LogP contribution in [-0.4, -0.2) is 26.9 Å². The summed E-state index contributed by atoms with van der Waals surface area (Å²) in [6.07, 6.45) is 1.46. The molecule has 7 nitrogen and oxygen atoms in total. The molecule has 0 aliphatic carbocycles. The number of ketones is 1. The third-order valence-corrected chi connectivity index (χ3v) is 3.69. The van der Waals surface area contributed by atoms with E-state index in [1.54, 1.807) is 0 Å². The maximum absolute atomic E-state index is 11.8. The second-order valence-corrected chi connectivity index (χ2v) is 5.36. The van der Waals surface area contributed by atoms with Crippen LogP contribution in [0, 0.1) is 0 Å². The second kappa shape index (κ2) is 5.94. The number of esters is 1. The minimum atomic E-state index is -0.594. The summed E-state index contributed by atoms with van der Waals surface area (Å²) in [6.45, 7) is 1.29. The lowest BCUT2D eigenvalue weighted by Gasteiger charge is -1.98. The highest BCUT2D eigenvalue weighted by Crippen LogP contribution is 2.23. The first-order chi connectivity index (χ1) is 10.6. The van der Waals surface area contributed by atoms with Crippen molar-refractivity contribution in [3.8, 4) is 10.8 Å². The van der Waals surface area contributed by atoms with Crippen molar-refractivity contribution in [3.05, 3.63) is 46.9 Å². The molecule has 0 unspecified atom stereocenters. The summed E-state index contributed by atoms with van der Waals surface area (Å²) in [5.74, 6) is -0.133. The number of nitrogens with zero attached hydrogens (tertiary/aromatic N) is 2. The van der Waals surface area contributed by atoms with Crippen molar-refractivity contribution in [2.75, 3.05) is 0 Å². The first kappa shape index (κ1) is 14.2. The predicted molar refractivity (Wildman–Crippen MR) is 77.5 cm³/mol. The van der Waals surface area contributed by atoms with Crippen LogP contribution < -0.4 is 0 Å². The zero-order chi connectivity index (χ0) is 15.5. The van der Waals surface area contributed by atoms with E-state index in [2.05, 4.69) is 15.2 Å². The molecule has 0 saturated carbocycles. The average Bonchev–Trinajstić information content (AvgIpc) is 3.23. The number of carbonyl (C=O) groups is 2. The van der Waals surface area contributed by atoms with E-state index in [0.29, 0.717) is 11.5 Å². The van der Waals surface area contributed by atoms with Crippen LogP contribution >= 0.6 is 11.3 Å². The third kappa shape index (κ3) is 2.96. The van der Waals surface area contributed by atoms with Gasteiger partial charge in [-0.2, -0.15) is 0 Å². The summed E-state index contributed by atoms with van der Waals surface area (Å²) in [5, 5.41) is 9.61. The summed E-state index contributed by atoms with van der Waals surface area (Å²) in [6, 6.07) is 5.17. The number of rotatable bonds is 5. The number of aromatic nitrogens is 3. The van der Waals surface area contributed by atoms with E-state index in [0.717, 1.165) is 4.88 Å². The van der Waals surface area contributed by atoms with Gasteiger partial charge in [0.1, 0.15) is 5.69 Å². The molecule has 0 spiro atoms. The smallest absolute Gasteiger partial charge is 0.355 e. The van der Waals surface area contributed by atoms with Crippen molar-refractivity contribution in [1.29, 1.82) is 0 Å². The normalized spacial score (nSPS) is 10.6. The van der Waals surface area contributed by atoms with Gasteiger partial charge in [-0.25, -0.2) is 4.79 Å². The van der Waals surface area contributed by atoms with E-state index in [1.807, 2.05) is 17.5 Å². The van der Waals surface area contributed by atoms with Gasteiger partial charge < -0.3 is 14.1 Å². The Bertz CT molecular complexity index is 804. The maximum atomic E-state index is 11.8. The highest BCUT2D eigenvalue weighted by atomic mass is 32.1. The summed E-state index contributed by atoms with van der Waals surface area (Å²) in [5.41, 5.74) is 0.618. The Morgan fingerprint density at radius 2 is 2.27 bits per heavy atom. The van der Waals surface area contributed by atoms with Gasteiger partial charge in [-0.15, -0.1) is 21.5 Å². The number of ether oxygens (including phenoxy) is 1. The standard InChI is InChI=1S/C14H11N3O4S/c1-8(18)9-5-10(15-6-9)14(19)20-7-12-16-17-13(21-12)11-3-2-4-22-11/h2-6,15H,7H2,1H3. The molecule has 3 aromatic heterocycles. The molecule has 112 valence electrons. The molecule has 1 N–H and O–H groups in total. The third-order valence-electron chi connectivity index (χ3n) is 2.83. The minimum absolute atomic E-state index is 0.132. The summed E-state index contributed by atoms with van der Waals surface area (Å²) in [7, 11) is 0. The van der Waals surface area contributed by atoms with Gasteiger partial charge in [0.05, 0.1) is 4.88 Å². The monoisotopic (exact) mass is 317 g/mol. The molecule has 0 fully saturated rings. The van der Waals surface area contributed by atoms with Crippen LogP contribution in [-0.2, 0) is 11.3 Å². The quantitative estimate of drug-likeness (QED) is 0.574. The maximum Gasteiger partial charge on any atom is 0.355 e. The number of hydrogen-bond acceptors (Lipinski definition) is 7. The molecule has 0 bridgehead atoms. The molecule has 8 heteroatoms. The predicted octanol–water partition coefficient (Wildman–Crippen LogP) is 2.69. The van der Waals surface area contributed by atoms with Gasteiger partial charge in [0.25, 0.3) is 11.8 Å². The van der Waals surface area contributed by atoms with E-state index in [-0.39, 0.29) is 24.0 Å². The van der Waals surface area contributed by atoms with Gasteiger partial charge in [0.2, 0.25) is 0 Å². The van der Waals surface area contributed by atoms with Gasteiger partial charge in [0.15, 0.2) is 12.4 Å². The zero-order valence-corrected chi connectivity index (χ0v) is 12.3. The molecule has 0 aliphatic heterocycles. The van der Waals surface area contributed by atoms with Crippen LogP contribution in [0.4, 0.5) is 0 Å². The van der Waals surface area contributed by atoms with Crippen molar-refractivity contribution in [2.24, 2.45) is 0 Å². The molecular weight excluding hydrogens is 306 g/mol. The number of H-pyrrole nitrogens is 1. The van der Waals surface area contributed by atoms with Gasteiger partial charge in [-0.3, -0.25) is 4.79 Å². The lowest BCUT2D eigenvalue weighted by atomic mass is 10.2. The van der Waals surface area contributed by atoms with Gasteiger partial charge in [0, 0.05) is 11.8 Å². The molecular formula is C14H11N3O4S. The SMILES string of the molecule is CC(=O)c1c[nH]c(C(=O)OCc2nnc(-c3cccs3)o2)c1. The second-order valence-electron chi connectivity index (χ2n) is 4.41. The lowest BCUT2D eigenvalue weighted by molar-refractivity contribution is 0.0432. The van der Waals surface area contributed by atoms with E-state index in [1.165, 1.54) is 30.5 Å². The summed E-state index contributed by atoms with van der Waals surface area (Å²) >= 11 is 1.48. The zero-order valence-electron chi connectivity index (χ0n) is 11.5. The Morgan fingerprint density at radius 3 is 2.95 bits per heavy atom. The Morgan fingerprint density at radius 1 is 1.41 bits per heavy atom. The minimum Gasteiger partial charge on any atom is -0.451 e. The van der Waals surface area contributed by atoms with Crippen molar-refractivity contribution in [3.63, 3.8) is 0 Å². The van der Waals surface area contributed by atoms with Crippen molar-refractivity contribution < 1.29 is 18.7 Å². The Labute approximate surface area is 128 Å². The molecule has 3 rings (SSSR count). The molecule has 0 aromatic carbocycles. The molecule has 0 amide bonds. The number of thiophene rings is 1. The molecule has 0 radical (unpaired) electrons. The first-order valence-corrected chi connectivity index (χ1v) is 7.24. The fourth-order valence-electron chi connectivity index (χ4n) is 1.73. The van der Waals surface area contributed by atoms with Gasteiger partial charge in [-0.05, 0) is 24.4 Å². The van der Waals surface area contributed by atoms with Crippen LogP contribution in [0.5, 0.6) is 0 Å². The van der Waals surface area contributed by atoms with E-state index in [4.69, 9.17) is 9.15 Å². The molecule has 0 atom stereocenters. The number of aromatic amines is 1. The first-order valence-electron chi connectivity index (χ1n) is 6.36. The molecule has 22 heavy (non-hydrogen) atoms. The molecule has 3 aromatic rings. The molecule has 0 aliphatic rings. The Balaban J connectivity index is 1.62. The van der Waals surface area contributed by atoms with Crippen molar-refractivity contribution in [2.45, 2.75) is 13.5 Å². The number of nitrogens with one attached hydrogen (secondary N) is 1. The number of carbonyl (C=O) groups excluding carboxylic acids is 2. The van der Waals surface area contributed by atoms with Crippen molar-refractivity contribution >= 4 is 23.1 Å². The van der Waals surface area contributed by atoms with Crippen LogP contribution in [0.25, 0.3) is 10.8 Å². The lowest BCUT2D eigenvalue weighted by Crippen LogP contribution is -2.05. The summed E-state index contributed by atoms with van der Waals surface area (Å²) in [4.78, 5) is 26.5. The van der Waals surface area contributed by atoms with E-state index >= 15 is 0 Å². The van der Waals surface area contributed by atoms with Crippen LogP contribution in [0.15, 0.2) is 34.2 Å². The molecule has 3 heterocycles. The van der Waals surface area contributed by atoms with Crippen LogP contribution in [0.3, 0.4) is 0 Å². The van der Waals surface area contributed by atoms with Crippen molar-refractivity contribution in [1.82, 2.24) is 15.2 Å². The van der Waals surface area contributed by atoms with Gasteiger partial charge >= 0.3 is 5.97 Å². The van der Waals surface area contributed by atoms with Gasteiger partial charge in [-0.1, -0.05) is 6.07 Å². The van der Waals surface area contributed by atoms with Crippen LogP contribution in [0.2, 0.25) is 0 Å². The summed E-state index contributed by atoms with van der Waals surface area (Å²) < 4.78 is 10.5. The number of Topliss-reactive ketones (excluding diaryl/α,β-unsaturated/α-hetero) is 1. The fraction of sp³-hybridized carbons (Fsp3) is 0.143.